The van der Waals surface area contributed by atoms with Crippen molar-refractivity contribution in [3.63, 3.8) is 0 Å². The number of urea groups is 1. The van der Waals surface area contributed by atoms with Crippen molar-refractivity contribution in [2.75, 3.05) is 17.8 Å². The van der Waals surface area contributed by atoms with E-state index in [1.807, 2.05) is 19.1 Å². The number of nitrogens with zero attached hydrogens (tertiary/aromatic N) is 5. The molecular formula is C30H26F5N7O4S. The number of carbonyl (C=O) groups is 2. The number of nitrogens with one attached hydrogen (secondary N) is 2. The lowest BCUT2D eigenvalue weighted by Gasteiger charge is -2.20. The number of halogens is 5. The third-order valence-electron chi connectivity index (χ3n) is 6.73. The molecule has 3 aromatic carbocycles. The Morgan fingerprint density at radius 3 is 2.43 bits per heavy atom. The minimum Gasteiger partial charge on any atom is -0.426 e. The Balaban J connectivity index is 1.18. The van der Waals surface area contributed by atoms with Crippen LogP contribution in [0.2, 0.25) is 0 Å². The Labute approximate surface area is 268 Å². The summed E-state index contributed by atoms with van der Waals surface area (Å²) in [4.78, 5) is 35.0. The first-order valence-electron chi connectivity index (χ1n) is 13.8. The summed E-state index contributed by atoms with van der Waals surface area (Å²) < 4.78 is 73.9. The summed E-state index contributed by atoms with van der Waals surface area (Å²) in [5.74, 6) is -0.405. The van der Waals surface area contributed by atoms with E-state index in [9.17, 15) is 31.5 Å². The van der Waals surface area contributed by atoms with Gasteiger partial charge in [0.1, 0.15) is 12.1 Å². The summed E-state index contributed by atoms with van der Waals surface area (Å²) in [7, 11) is 1.55. The van der Waals surface area contributed by atoms with Gasteiger partial charge in [0, 0.05) is 24.3 Å². The molecule has 1 atom stereocenters. The molecule has 0 bridgehead atoms. The van der Waals surface area contributed by atoms with Crippen LogP contribution in [0.1, 0.15) is 24.1 Å². The lowest BCUT2D eigenvalue weighted by Crippen LogP contribution is -2.41. The van der Waals surface area contributed by atoms with Crippen molar-refractivity contribution in [2.45, 2.75) is 31.9 Å². The number of aromatic nitrogens is 3. The first-order valence-corrected chi connectivity index (χ1v) is 14.8. The molecule has 3 amide bonds. The number of hydrogen-bond acceptors (Lipinski definition) is 8. The number of ether oxygens (including phenoxy) is 2. The molecule has 246 valence electrons. The van der Waals surface area contributed by atoms with E-state index in [2.05, 4.69) is 30.7 Å². The van der Waals surface area contributed by atoms with Crippen molar-refractivity contribution in [2.24, 2.45) is 4.99 Å². The highest BCUT2D eigenvalue weighted by Crippen LogP contribution is 2.37. The zero-order valence-electron chi connectivity index (χ0n) is 24.7. The van der Waals surface area contributed by atoms with Crippen LogP contribution in [0, 0.1) is 0 Å². The summed E-state index contributed by atoms with van der Waals surface area (Å²) in [6, 6.07) is 17.7. The van der Waals surface area contributed by atoms with Crippen LogP contribution >= 0.6 is 11.8 Å². The summed E-state index contributed by atoms with van der Waals surface area (Å²) in [5.41, 5.74) is 8.58. The van der Waals surface area contributed by atoms with E-state index < -0.39 is 24.1 Å². The number of anilines is 1. The quantitative estimate of drug-likeness (QED) is 0.155. The largest absolute Gasteiger partial charge is 0.499 e. The van der Waals surface area contributed by atoms with Crippen molar-refractivity contribution in [1.82, 2.24) is 25.6 Å². The van der Waals surface area contributed by atoms with Crippen molar-refractivity contribution in [3.05, 3.63) is 90.3 Å². The maximum Gasteiger partial charge on any atom is 0.499 e. The number of para-hydroxylation sites is 1. The highest BCUT2D eigenvalue weighted by molar-refractivity contribution is 8.15. The molecule has 47 heavy (non-hydrogen) atoms. The Bertz CT molecular complexity index is 1770. The zero-order chi connectivity index (χ0) is 33.8. The standard InChI is InChI=1S/C30H26F5N7O4S/c1-18(38-39-27(44)37-28-42(25(43)16-47-28)24-6-4-3-5-21(24)15-45-2)19-7-9-20(10-8-19)26-36-17-41(40-26)22-11-13-23(14-12-22)46-30(34,35)29(31,32)33/h3-14,17-18,38H,15-16H2,1-2H3,(H,39,44)/b37-28-. The lowest BCUT2D eigenvalue weighted by molar-refractivity contribution is -0.360. The van der Waals surface area contributed by atoms with Crippen LogP contribution in [0.15, 0.2) is 84.1 Å². The van der Waals surface area contributed by atoms with Crippen LogP contribution in [0.4, 0.5) is 32.4 Å². The van der Waals surface area contributed by atoms with E-state index in [-0.39, 0.29) is 29.5 Å². The van der Waals surface area contributed by atoms with E-state index in [0.717, 1.165) is 35.0 Å². The average molecular weight is 676 g/mol. The third-order valence-corrected chi connectivity index (χ3v) is 7.65. The van der Waals surface area contributed by atoms with Gasteiger partial charge in [0.05, 0.1) is 23.7 Å². The molecule has 0 saturated carbocycles. The van der Waals surface area contributed by atoms with Gasteiger partial charge >= 0.3 is 18.3 Å². The van der Waals surface area contributed by atoms with Gasteiger partial charge in [-0.05, 0) is 42.8 Å². The fourth-order valence-electron chi connectivity index (χ4n) is 4.37. The maximum atomic E-state index is 13.2. The highest BCUT2D eigenvalue weighted by Gasteiger charge is 2.61. The number of carbonyl (C=O) groups excluding carboxylic acids is 2. The fourth-order valence-corrected chi connectivity index (χ4v) is 5.23. The second kappa shape index (κ2) is 13.9. The SMILES string of the molecule is COCc1ccccc1N1C(=O)CS/C1=N\C(=O)NNC(C)c1ccc(-c2ncn(-c3ccc(OC(F)(F)C(F)(F)F)cc3)n2)cc1. The molecule has 1 unspecified atom stereocenters. The van der Waals surface area contributed by atoms with Gasteiger partial charge in [-0.15, -0.1) is 5.10 Å². The Morgan fingerprint density at radius 1 is 1.04 bits per heavy atom. The molecule has 0 spiro atoms. The number of hydrazine groups is 1. The molecule has 1 aromatic heterocycles. The first-order chi connectivity index (χ1) is 22.4. The molecule has 4 aromatic rings. The maximum absolute atomic E-state index is 13.2. The van der Waals surface area contributed by atoms with Crippen LogP contribution in [0.5, 0.6) is 5.75 Å². The number of aliphatic imine (C=N–C) groups is 1. The van der Waals surface area contributed by atoms with Crippen molar-refractivity contribution in [1.29, 1.82) is 0 Å². The van der Waals surface area contributed by atoms with Gasteiger partial charge in [-0.3, -0.25) is 15.1 Å². The van der Waals surface area contributed by atoms with E-state index in [4.69, 9.17) is 4.74 Å². The van der Waals surface area contributed by atoms with Gasteiger partial charge in [-0.25, -0.2) is 19.9 Å². The number of benzene rings is 3. The topological polar surface area (TPSA) is 123 Å². The summed E-state index contributed by atoms with van der Waals surface area (Å²) in [5, 5.41) is 4.58. The van der Waals surface area contributed by atoms with E-state index in [1.165, 1.54) is 28.0 Å². The van der Waals surface area contributed by atoms with Gasteiger partial charge < -0.3 is 9.47 Å². The van der Waals surface area contributed by atoms with E-state index >= 15 is 0 Å². The summed E-state index contributed by atoms with van der Waals surface area (Å²) in [6.45, 7) is 2.10. The molecule has 2 N–H and O–H groups in total. The first kappa shape index (κ1) is 33.5. The number of hydrogen-bond donors (Lipinski definition) is 2. The fraction of sp³-hybridized carbons (Fsp3) is 0.233. The number of thioether (sulfide) groups is 1. The van der Waals surface area contributed by atoms with E-state index in [0.29, 0.717) is 22.8 Å². The highest BCUT2D eigenvalue weighted by atomic mass is 32.2. The van der Waals surface area contributed by atoms with Gasteiger partial charge in [0.25, 0.3) is 0 Å². The van der Waals surface area contributed by atoms with E-state index in [1.54, 1.807) is 43.5 Å². The van der Waals surface area contributed by atoms with Crippen LogP contribution in [0.3, 0.4) is 0 Å². The van der Waals surface area contributed by atoms with Gasteiger partial charge in [-0.2, -0.15) is 26.9 Å². The van der Waals surface area contributed by atoms with Gasteiger partial charge in [0.2, 0.25) is 5.91 Å². The van der Waals surface area contributed by atoms with Crippen LogP contribution < -0.4 is 20.5 Å². The predicted molar refractivity (Wildman–Crippen MR) is 163 cm³/mol. The van der Waals surface area contributed by atoms with Crippen molar-refractivity contribution in [3.8, 4) is 22.8 Å². The molecular weight excluding hydrogens is 649 g/mol. The zero-order valence-corrected chi connectivity index (χ0v) is 25.5. The van der Waals surface area contributed by atoms with Crippen LogP contribution in [0.25, 0.3) is 17.1 Å². The molecule has 1 fully saturated rings. The van der Waals surface area contributed by atoms with Gasteiger partial charge in [0.15, 0.2) is 11.0 Å². The van der Waals surface area contributed by atoms with Crippen molar-refractivity contribution < 1.29 is 41.0 Å². The molecule has 1 saturated heterocycles. The molecule has 17 heteroatoms. The smallest absolute Gasteiger partial charge is 0.426 e. The van der Waals surface area contributed by atoms with Crippen LogP contribution in [-0.2, 0) is 16.1 Å². The minimum absolute atomic E-state index is 0.144. The number of methoxy groups -OCH3 is 1. The molecule has 2 heterocycles. The Morgan fingerprint density at radius 2 is 1.74 bits per heavy atom. The molecule has 5 rings (SSSR count). The Kier molecular flexibility index (Phi) is 9.88. The Hall–Kier alpha value is -4.87. The molecule has 11 nitrogen and oxygen atoms in total. The summed E-state index contributed by atoms with van der Waals surface area (Å²) in [6.07, 6.45) is -9.82. The summed E-state index contributed by atoms with van der Waals surface area (Å²) >= 11 is 1.16. The second-order valence-corrected chi connectivity index (χ2v) is 11.0. The van der Waals surface area contributed by atoms with Gasteiger partial charge in [-0.1, -0.05) is 54.2 Å². The average Bonchev–Trinajstić information content (AvgIpc) is 3.67. The normalized spacial score (nSPS) is 15.3. The molecule has 0 radical (unpaired) electrons. The number of amides is 3. The minimum atomic E-state index is -5.85. The molecule has 1 aliphatic heterocycles. The number of alkyl halides is 5. The number of amidine groups is 1. The second-order valence-electron chi connectivity index (χ2n) is 10.0. The molecule has 0 aliphatic carbocycles. The third kappa shape index (κ3) is 7.75. The monoisotopic (exact) mass is 675 g/mol. The predicted octanol–water partition coefficient (Wildman–Crippen LogP) is 6.03. The number of rotatable bonds is 10. The van der Waals surface area contributed by atoms with Crippen molar-refractivity contribution >= 4 is 34.6 Å². The van der Waals surface area contributed by atoms with Crippen LogP contribution in [-0.4, -0.2) is 57.0 Å². The molecule has 1 aliphatic rings. The lowest BCUT2D eigenvalue weighted by atomic mass is 10.1.